The lowest BCUT2D eigenvalue weighted by molar-refractivity contribution is 0.200. The molecular formula is C7H13ClN2. The highest BCUT2D eigenvalue weighted by Gasteiger charge is 2.22. The quantitative estimate of drug-likeness (QED) is 0.539. The van der Waals surface area contributed by atoms with Crippen LogP contribution in [0.15, 0.2) is 11.4 Å². The molecule has 0 saturated carbocycles. The molecule has 1 atom stereocenters. The maximum Gasteiger partial charge on any atom is 0.122 e. The Hall–Kier alpha value is -0.370. The van der Waals surface area contributed by atoms with E-state index in [9.17, 15) is 0 Å². The number of rotatable bonds is 1. The van der Waals surface area contributed by atoms with Crippen molar-refractivity contribution >= 4 is 11.6 Å². The van der Waals surface area contributed by atoms with Crippen molar-refractivity contribution in [1.29, 1.82) is 0 Å². The molecule has 0 aromatic carbocycles. The minimum Gasteiger partial charge on any atom is -0.355 e. The second kappa shape index (κ2) is 2.70. The molecule has 0 aromatic rings. The number of halogens is 1. The molecule has 1 unspecified atom stereocenters. The van der Waals surface area contributed by atoms with Gasteiger partial charge < -0.3 is 9.80 Å². The van der Waals surface area contributed by atoms with Crippen molar-refractivity contribution < 1.29 is 0 Å². The number of hydrogen-bond acceptors (Lipinski definition) is 2. The molecule has 1 heterocycles. The molecule has 0 aliphatic carbocycles. The molecular weight excluding hydrogens is 148 g/mol. The molecule has 10 heavy (non-hydrogen) atoms. The summed E-state index contributed by atoms with van der Waals surface area (Å²) < 4.78 is 0. The first kappa shape index (κ1) is 7.73. The van der Waals surface area contributed by atoms with Gasteiger partial charge in [0, 0.05) is 19.8 Å². The summed E-state index contributed by atoms with van der Waals surface area (Å²) in [5.74, 6) is 0. The largest absolute Gasteiger partial charge is 0.355 e. The van der Waals surface area contributed by atoms with E-state index >= 15 is 0 Å². The van der Waals surface area contributed by atoms with E-state index in [4.69, 9.17) is 11.6 Å². The highest BCUT2D eigenvalue weighted by molar-refractivity contribution is 6.29. The summed E-state index contributed by atoms with van der Waals surface area (Å²) in [6, 6.07) is 0. The van der Waals surface area contributed by atoms with Gasteiger partial charge in [-0.05, 0) is 13.8 Å². The lowest BCUT2D eigenvalue weighted by atomic mass is 10.5. The van der Waals surface area contributed by atoms with Crippen LogP contribution >= 0.6 is 11.6 Å². The molecule has 2 nitrogen and oxygen atoms in total. The molecule has 58 valence electrons. The van der Waals surface area contributed by atoms with Crippen LogP contribution in [0.2, 0.25) is 0 Å². The van der Waals surface area contributed by atoms with Gasteiger partial charge in [-0.2, -0.15) is 0 Å². The van der Waals surface area contributed by atoms with Crippen LogP contribution < -0.4 is 0 Å². The monoisotopic (exact) mass is 160 g/mol. The first-order chi connectivity index (χ1) is 4.66. The van der Waals surface area contributed by atoms with Crippen LogP contribution in [0.25, 0.3) is 0 Å². The third kappa shape index (κ3) is 1.08. The van der Waals surface area contributed by atoms with Gasteiger partial charge in [-0.3, -0.25) is 0 Å². The molecule has 0 saturated heterocycles. The van der Waals surface area contributed by atoms with Crippen molar-refractivity contribution in [1.82, 2.24) is 9.80 Å². The summed E-state index contributed by atoms with van der Waals surface area (Å²) in [4.78, 5) is 4.24. The number of nitrogens with zero attached hydrogens (tertiary/aromatic N) is 2. The zero-order chi connectivity index (χ0) is 7.72. The predicted octanol–water partition coefficient (Wildman–Crippen LogP) is 1.64. The highest BCUT2D eigenvalue weighted by Crippen LogP contribution is 2.22. The van der Waals surface area contributed by atoms with Crippen LogP contribution in [0.4, 0.5) is 0 Å². The lowest BCUT2D eigenvalue weighted by Crippen LogP contribution is -2.33. The van der Waals surface area contributed by atoms with Crippen molar-refractivity contribution in [3.63, 3.8) is 0 Å². The fraction of sp³-hybridized carbons (Fsp3) is 0.714. The fourth-order valence-electron chi connectivity index (χ4n) is 1.09. The Balaban J connectivity index is 2.66. The summed E-state index contributed by atoms with van der Waals surface area (Å²) in [7, 11) is 2.00. The van der Waals surface area contributed by atoms with Crippen molar-refractivity contribution in [2.24, 2.45) is 0 Å². The summed E-state index contributed by atoms with van der Waals surface area (Å²) in [5, 5.41) is 0.828. The van der Waals surface area contributed by atoms with Gasteiger partial charge in [0.05, 0.1) is 6.17 Å². The van der Waals surface area contributed by atoms with Gasteiger partial charge in [0.25, 0.3) is 0 Å². The Labute approximate surface area is 67.1 Å². The van der Waals surface area contributed by atoms with Crippen LogP contribution in [0.1, 0.15) is 13.8 Å². The molecule has 1 aliphatic rings. The van der Waals surface area contributed by atoms with Crippen molar-refractivity contribution in [2.45, 2.75) is 20.0 Å². The van der Waals surface area contributed by atoms with Crippen LogP contribution in [-0.4, -0.2) is 29.6 Å². The summed E-state index contributed by atoms with van der Waals surface area (Å²) in [6.07, 6.45) is 2.39. The average molecular weight is 161 g/mol. The maximum absolute atomic E-state index is 5.88. The molecule has 3 heteroatoms. The standard InChI is InChI=1S/C7H13ClN2/c1-4-10-5-7(8)9(3)6(10)2/h5-6H,4H2,1-3H3. The molecule has 0 aromatic heterocycles. The van der Waals surface area contributed by atoms with Crippen molar-refractivity contribution in [3.05, 3.63) is 11.4 Å². The Morgan fingerprint density at radius 2 is 2.30 bits per heavy atom. The third-order valence-corrected chi connectivity index (χ3v) is 2.38. The first-order valence-electron chi connectivity index (χ1n) is 3.52. The van der Waals surface area contributed by atoms with E-state index in [0.717, 1.165) is 11.7 Å². The van der Waals surface area contributed by atoms with E-state index in [2.05, 4.69) is 18.7 Å². The van der Waals surface area contributed by atoms with Gasteiger partial charge in [-0.25, -0.2) is 0 Å². The predicted molar refractivity (Wildman–Crippen MR) is 43.5 cm³/mol. The minimum absolute atomic E-state index is 0.414. The summed E-state index contributed by atoms with van der Waals surface area (Å²) >= 11 is 5.88. The summed E-state index contributed by atoms with van der Waals surface area (Å²) in [6.45, 7) is 5.27. The second-order valence-corrected chi connectivity index (χ2v) is 2.91. The number of hydrogen-bond donors (Lipinski definition) is 0. The smallest absolute Gasteiger partial charge is 0.122 e. The Morgan fingerprint density at radius 3 is 2.50 bits per heavy atom. The van der Waals surface area contributed by atoms with Crippen LogP contribution in [0.5, 0.6) is 0 Å². The van der Waals surface area contributed by atoms with Gasteiger partial charge >= 0.3 is 0 Å². The van der Waals surface area contributed by atoms with Gasteiger partial charge in [-0.15, -0.1) is 0 Å². The molecule has 0 bridgehead atoms. The molecule has 1 rings (SSSR count). The van der Waals surface area contributed by atoms with E-state index in [1.165, 1.54) is 0 Å². The second-order valence-electron chi connectivity index (χ2n) is 2.53. The normalized spacial score (nSPS) is 25.6. The maximum atomic E-state index is 5.88. The topological polar surface area (TPSA) is 6.48 Å². The molecule has 0 N–H and O–H groups in total. The molecule has 0 radical (unpaired) electrons. The Morgan fingerprint density at radius 1 is 1.70 bits per heavy atom. The van der Waals surface area contributed by atoms with Crippen LogP contribution in [0, 0.1) is 0 Å². The van der Waals surface area contributed by atoms with E-state index in [0.29, 0.717) is 6.17 Å². The third-order valence-electron chi connectivity index (χ3n) is 2.01. The van der Waals surface area contributed by atoms with Gasteiger partial charge in [0.1, 0.15) is 5.16 Å². The zero-order valence-corrected chi connectivity index (χ0v) is 7.39. The fourth-order valence-corrected chi connectivity index (χ4v) is 1.36. The van der Waals surface area contributed by atoms with Gasteiger partial charge in [0.2, 0.25) is 0 Å². The molecule has 1 aliphatic heterocycles. The lowest BCUT2D eigenvalue weighted by Gasteiger charge is -2.25. The van der Waals surface area contributed by atoms with E-state index in [-0.39, 0.29) is 0 Å². The Bertz CT molecular complexity index is 156. The minimum atomic E-state index is 0.414. The SMILES string of the molecule is CCN1C=C(Cl)N(C)C1C. The van der Waals surface area contributed by atoms with E-state index in [1.54, 1.807) is 0 Å². The zero-order valence-electron chi connectivity index (χ0n) is 6.63. The van der Waals surface area contributed by atoms with E-state index in [1.807, 2.05) is 18.1 Å². The molecule has 0 amide bonds. The summed E-state index contributed by atoms with van der Waals surface area (Å²) in [5.41, 5.74) is 0. The van der Waals surface area contributed by atoms with Crippen molar-refractivity contribution in [2.75, 3.05) is 13.6 Å². The first-order valence-corrected chi connectivity index (χ1v) is 3.90. The van der Waals surface area contributed by atoms with Gasteiger partial charge in [0.15, 0.2) is 0 Å². The van der Waals surface area contributed by atoms with E-state index < -0.39 is 0 Å². The molecule has 0 spiro atoms. The average Bonchev–Trinajstić information content (AvgIpc) is 2.17. The van der Waals surface area contributed by atoms with Crippen LogP contribution in [-0.2, 0) is 0 Å². The highest BCUT2D eigenvalue weighted by atomic mass is 35.5. The van der Waals surface area contributed by atoms with Gasteiger partial charge in [-0.1, -0.05) is 11.6 Å². The van der Waals surface area contributed by atoms with Crippen molar-refractivity contribution in [3.8, 4) is 0 Å². The molecule has 0 fully saturated rings. The Kier molecular flexibility index (Phi) is 2.09. The van der Waals surface area contributed by atoms with Crippen LogP contribution in [0.3, 0.4) is 0 Å².